The monoisotopic (exact) mass is 613 g/mol. The molecule has 0 aromatic heterocycles. The molecule has 0 unspecified atom stereocenters. The number of nitrogens with one attached hydrogen (secondary N) is 1. The van der Waals surface area contributed by atoms with E-state index >= 15 is 0 Å². The van der Waals surface area contributed by atoms with E-state index in [2.05, 4.69) is 36.5 Å². The fourth-order valence-electron chi connectivity index (χ4n) is 5.88. The average Bonchev–Trinajstić information content (AvgIpc) is 3.31. The van der Waals surface area contributed by atoms with Crippen LogP contribution >= 0.6 is 0 Å². The van der Waals surface area contributed by atoms with Crippen LogP contribution in [0.2, 0.25) is 0 Å². The van der Waals surface area contributed by atoms with E-state index in [1.54, 1.807) is 25.3 Å². The Morgan fingerprint density at radius 1 is 1.02 bits per heavy atom. The first-order chi connectivity index (χ1) is 20.9. The standard InChI is InChI=1S/C34H39N5O4S/c1-5-7-25-10-12-26(13-11-25)27-8-6-9-28(22-27)31-36-32(40)34(37-31)15-17-39(18-16-34)44(42,43)19-14-30-23(2)20-29(21-24(30)3)38(4)33(35)41/h6,8-14,19-22H,5,7,15-18H2,1-4H3,(H2,35,41)(H,36,37,40)/b19-14+. The fraction of sp³-hybridized carbons (Fsp3) is 0.324. The summed E-state index contributed by atoms with van der Waals surface area (Å²) in [6.07, 6.45) is 4.32. The van der Waals surface area contributed by atoms with Gasteiger partial charge in [0, 0.05) is 36.8 Å². The molecule has 2 heterocycles. The molecule has 3 N–H and O–H groups in total. The summed E-state index contributed by atoms with van der Waals surface area (Å²) in [5, 5.41) is 4.17. The highest BCUT2D eigenvalue weighted by Crippen LogP contribution is 2.33. The van der Waals surface area contributed by atoms with Crippen LogP contribution in [-0.2, 0) is 21.2 Å². The Balaban J connectivity index is 1.29. The molecule has 3 amide bonds. The third-order valence-corrected chi connectivity index (χ3v) is 10.1. The van der Waals surface area contributed by atoms with Crippen molar-refractivity contribution in [3.05, 3.63) is 93.9 Å². The van der Waals surface area contributed by atoms with E-state index in [0.717, 1.165) is 46.2 Å². The van der Waals surface area contributed by atoms with Crippen molar-refractivity contribution in [2.75, 3.05) is 25.0 Å². The molecular formula is C34H39N5O4S. The van der Waals surface area contributed by atoms with Gasteiger partial charge >= 0.3 is 6.03 Å². The smallest absolute Gasteiger partial charge is 0.318 e. The quantitative estimate of drug-likeness (QED) is 0.365. The molecule has 10 heteroatoms. The van der Waals surface area contributed by atoms with E-state index in [1.165, 1.54) is 20.2 Å². The maximum absolute atomic E-state index is 13.3. The van der Waals surface area contributed by atoms with Gasteiger partial charge < -0.3 is 11.1 Å². The highest BCUT2D eigenvalue weighted by molar-refractivity contribution is 7.92. The molecule has 5 rings (SSSR count). The van der Waals surface area contributed by atoms with E-state index < -0.39 is 21.6 Å². The van der Waals surface area contributed by atoms with Crippen LogP contribution in [0.4, 0.5) is 10.5 Å². The van der Waals surface area contributed by atoms with E-state index in [4.69, 9.17) is 10.7 Å². The van der Waals surface area contributed by atoms with E-state index in [-0.39, 0.29) is 19.0 Å². The van der Waals surface area contributed by atoms with Crippen molar-refractivity contribution in [1.82, 2.24) is 9.62 Å². The number of aliphatic imine (C=N–C) groups is 1. The molecule has 0 aliphatic carbocycles. The number of piperidine rings is 1. The Bertz CT molecular complexity index is 1730. The van der Waals surface area contributed by atoms with E-state index in [9.17, 15) is 18.0 Å². The molecule has 0 bridgehead atoms. The lowest BCUT2D eigenvalue weighted by Gasteiger charge is -2.34. The molecule has 0 radical (unpaired) electrons. The van der Waals surface area contributed by atoms with Gasteiger partial charge in [-0.05, 0) is 90.8 Å². The maximum Gasteiger partial charge on any atom is 0.318 e. The summed E-state index contributed by atoms with van der Waals surface area (Å²) in [5.74, 6) is 0.328. The number of primary amides is 1. The van der Waals surface area contributed by atoms with Gasteiger partial charge in [-0.3, -0.25) is 14.7 Å². The van der Waals surface area contributed by atoms with Gasteiger partial charge in [-0.2, -0.15) is 4.31 Å². The molecule has 2 aliphatic rings. The molecule has 9 nitrogen and oxygen atoms in total. The average molecular weight is 614 g/mol. The summed E-state index contributed by atoms with van der Waals surface area (Å²) < 4.78 is 28.0. The predicted octanol–water partition coefficient (Wildman–Crippen LogP) is 5.15. The second-order valence-electron chi connectivity index (χ2n) is 11.6. The van der Waals surface area contributed by atoms with Crippen LogP contribution in [0.15, 0.2) is 71.1 Å². The minimum absolute atomic E-state index is 0.182. The summed E-state index contributed by atoms with van der Waals surface area (Å²) >= 11 is 0. The SMILES string of the molecule is CCCc1ccc(-c2cccc(C3=NC4(CCN(S(=O)(=O)/C=C/c5c(C)cc(N(C)C(N)=O)cc5C)CC4)C(=O)N3)c2)cc1. The molecule has 0 saturated carbocycles. The molecular weight excluding hydrogens is 574 g/mol. The summed E-state index contributed by atoms with van der Waals surface area (Å²) in [6, 6.07) is 19.5. The number of carbonyl (C=O) groups excluding carboxylic acids is 2. The Hall–Kier alpha value is -4.28. The lowest BCUT2D eigenvalue weighted by Crippen LogP contribution is -2.50. The third kappa shape index (κ3) is 6.32. The van der Waals surface area contributed by atoms with Crippen molar-refractivity contribution in [2.45, 2.75) is 52.0 Å². The number of nitrogens with two attached hydrogens (primary N) is 1. The van der Waals surface area contributed by atoms with Crippen LogP contribution in [0.1, 0.15) is 54.0 Å². The summed E-state index contributed by atoms with van der Waals surface area (Å²) in [6.45, 7) is 6.24. The number of sulfonamides is 1. The third-order valence-electron chi connectivity index (χ3n) is 8.55. The molecule has 2 aliphatic heterocycles. The van der Waals surface area contributed by atoms with Crippen molar-refractivity contribution >= 4 is 39.6 Å². The second-order valence-corrected chi connectivity index (χ2v) is 13.4. The number of anilines is 1. The zero-order valence-corrected chi connectivity index (χ0v) is 26.4. The summed E-state index contributed by atoms with van der Waals surface area (Å²) in [4.78, 5) is 30.9. The maximum atomic E-state index is 13.3. The van der Waals surface area contributed by atoms with Crippen LogP contribution in [-0.4, -0.2) is 56.2 Å². The molecule has 3 aromatic rings. The van der Waals surface area contributed by atoms with Gasteiger partial charge in [-0.1, -0.05) is 55.8 Å². The Morgan fingerprint density at radius 2 is 1.66 bits per heavy atom. The highest BCUT2D eigenvalue weighted by atomic mass is 32.2. The number of benzene rings is 3. The lowest BCUT2D eigenvalue weighted by atomic mass is 9.89. The molecule has 1 fully saturated rings. The van der Waals surface area contributed by atoms with Crippen LogP contribution in [0.25, 0.3) is 17.2 Å². The van der Waals surface area contributed by atoms with Gasteiger partial charge in [-0.15, -0.1) is 0 Å². The normalized spacial score (nSPS) is 16.7. The van der Waals surface area contributed by atoms with Crippen LogP contribution in [0, 0.1) is 13.8 Å². The Kier molecular flexibility index (Phi) is 8.76. The number of carbonyl (C=O) groups is 2. The largest absolute Gasteiger partial charge is 0.351 e. The molecule has 1 saturated heterocycles. The minimum atomic E-state index is -3.74. The van der Waals surface area contributed by atoms with Crippen molar-refractivity contribution in [3.63, 3.8) is 0 Å². The number of hydrogen-bond acceptors (Lipinski definition) is 5. The number of nitrogens with zero attached hydrogens (tertiary/aromatic N) is 3. The van der Waals surface area contributed by atoms with Crippen molar-refractivity contribution in [2.24, 2.45) is 10.7 Å². The van der Waals surface area contributed by atoms with Gasteiger partial charge in [0.25, 0.3) is 5.91 Å². The highest BCUT2D eigenvalue weighted by Gasteiger charge is 2.47. The topological polar surface area (TPSA) is 125 Å². The first-order valence-corrected chi connectivity index (χ1v) is 16.4. The van der Waals surface area contributed by atoms with Gasteiger partial charge in [0.15, 0.2) is 0 Å². The molecule has 3 aromatic carbocycles. The number of aryl methyl sites for hydroxylation is 3. The molecule has 44 heavy (non-hydrogen) atoms. The Labute approximate surface area is 259 Å². The van der Waals surface area contributed by atoms with Crippen molar-refractivity contribution < 1.29 is 18.0 Å². The molecule has 1 spiro atoms. The first kappa shape index (κ1) is 31.2. The number of rotatable bonds is 8. The van der Waals surface area contributed by atoms with Crippen LogP contribution < -0.4 is 16.0 Å². The van der Waals surface area contributed by atoms with Gasteiger partial charge in [-0.25, -0.2) is 13.2 Å². The zero-order valence-electron chi connectivity index (χ0n) is 25.6. The second kappa shape index (κ2) is 12.4. The van der Waals surface area contributed by atoms with Crippen LogP contribution in [0.3, 0.4) is 0 Å². The van der Waals surface area contributed by atoms with Crippen molar-refractivity contribution in [1.29, 1.82) is 0 Å². The Morgan fingerprint density at radius 3 is 2.27 bits per heavy atom. The van der Waals surface area contributed by atoms with Crippen LogP contribution in [0.5, 0.6) is 0 Å². The number of hydrogen-bond donors (Lipinski definition) is 2. The van der Waals surface area contributed by atoms with Gasteiger partial charge in [0.05, 0.1) is 0 Å². The first-order valence-electron chi connectivity index (χ1n) is 14.9. The molecule has 0 atom stereocenters. The summed E-state index contributed by atoms with van der Waals surface area (Å²) in [7, 11) is -2.15. The number of amides is 3. The predicted molar refractivity (Wildman–Crippen MR) is 176 cm³/mol. The minimum Gasteiger partial charge on any atom is -0.351 e. The summed E-state index contributed by atoms with van der Waals surface area (Å²) in [5.41, 5.74) is 11.7. The van der Waals surface area contributed by atoms with E-state index in [1.807, 2.05) is 38.1 Å². The number of urea groups is 1. The fourth-order valence-corrected chi connectivity index (χ4v) is 7.05. The van der Waals surface area contributed by atoms with E-state index in [0.29, 0.717) is 24.4 Å². The zero-order chi connectivity index (χ0) is 31.6. The lowest BCUT2D eigenvalue weighted by molar-refractivity contribution is -0.124. The van der Waals surface area contributed by atoms with Gasteiger partial charge in [0.2, 0.25) is 10.0 Å². The number of amidine groups is 1. The van der Waals surface area contributed by atoms with Gasteiger partial charge in [0.1, 0.15) is 11.4 Å². The van der Waals surface area contributed by atoms with Crippen molar-refractivity contribution in [3.8, 4) is 11.1 Å². The molecule has 230 valence electrons.